The van der Waals surface area contributed by atoms with Gasteiger partial charge in [-0.25, -0.2) is 4.39 Å². The third-order valence-corrected chi connectivity index (χ3v) is 4.63. The van der Waals surface area contributed by atoms with E-state index in [1.807, 2.05) is 42.5 Å². The van der Waals surface area contributed by atoms with Crippen LogP contribution >= 0.6 is 27.5 Å². The minimum atomic E-state index is -0.223. The van der Waals surface area contributed by atoms with Gasteiger partial charge in [0.05, 0.1) is 0 Å². The fourth-order valence-electron chi connectivity index (χ4n) is 2.51. The zero-order valence-corrected chi connectivity index (χ0v) is 16.4. The van der Waals surface area contributed by atoms with Crippen LogP contribution in [0.15, 0.2) is 71.2 Å². The van der Waals surface area contributed by atoms with Gasteiger partial charge in [-0.05, 0) is 53.6 Å². The Kier molecular flexibility index (Phi) is 6.67. The Morgan fingerprint density at radius 1 is 0.885 bits per heavy atom. The van der Waals surface area contributed by atoms with Crippen LogP contribution in [0.4, 0.5) is 4.39 Å². The normalized spacial score (nSPS) is 10.7. The molecule has 0 bridgehead atoms. The molecule has 3 rings (SSSR count). The molecule has 0 unspecified atom stereocenters. The summed E-state index contributed by atoms with van der Waals surface area (Å²) in [6.45, 7) is 1.78. The lowest BCUT2D eigenvalue weighted by atomic mass is 10.1. The fraction of sp³-hybridized carbons (Fsp3) is 0.143. The van der Waals surface area contributed by atoms with Gasteiger partial charge in [-0.2, -0.15) is 0 Å². The van der Waals surface area contributed by atoms with Crippen LogP contribution in [0.2, 0.25) is 5.02 Å². The Balaban J connectivity index is 1.61. The highest BCUT2D eigenvalue weighted by molar-refractivity contribution is 9.10. The van der Waals surface area contributed by atoms with Crippen molar-refractivity contribution in [1.82, 2.24) is 5.32 Å². The van der Waals surface area contributed by atoms with Crippen molar-refractivity contribution in [1.29, 1.82) is 0 Å². The molecule has 0 aliphatic rings. The van der Waals surface area contributed by atoms with E-state index >= 15 is 0 Å². The summed E-state index contributed by atoms with van der Waals surface area (Å²) in [5.41, 5.74) is 3.14. The lowest BCUT2D eigenvalue weighted by Crippen LogP contribution is -2.13. The number of halogens is 3. The zero-order valence-electron chi connectivity index (χ0n) is 14.0. The summed E-state index contributed by atoms with van der Waals surface area (Å²) >= 11 is 9.42. The number of hydrogen-bond donors (Lipinski definition) is 1. The molecule has 0 spiro atoms. The largest absolute Gasteiger partial charge is 0.489 e. The molecule has 26 heavy (non-hydrogen) atoms. The Bertz CT molecular complexity index is 853. The van der Waals surface area contributed by atoms with Gasteiger partial charge in [0.2, 0.25) is 0 Å². The van der Waals surface area contributed by atoms with E-state index < -0.39 is 0 Å². The molecular weight excluding hydrogens is 417 g/mol. The Morgan fingerprint density at radius 3 is 2.31 bits per heavy atom. The number of nitrogens with one attached hydrogen (secondary N) is 1. The summed E-state index contributed by atoms with van der Waals surface area (Å²) in [4.78, 5) is 0. The zero-order chi connectivity index (χ0) is 18.4. The molecule has 0 amide bonds. The SMILES string of the molecule is Fc1ccc(CNCc2cc(Br)ccc2OCc2ccc(Cl)cc2)cc1. The van der Waals surface area contributed by atoms with E-state index in [0.29, 0.717) is 24.7 Å². The van der Waals surface area contributed by atoms with Crippen LogP contribution in [0, 0.1) is 5.82 Å². The summed E-state index contributed by atoms with van der Waals surface area (Å²) in [5.74, 6) is 0.605. The molecule has 0 fully saturated rings. The van der Waals surface area contributed by atoms with Crippen molar-refractivity contribution < 1.29 is 9.13 Å². The maximum atomic E-state index is 13.0. The third kappa shape index (κ3) is 5.56. The molecule has 0 saturated heterocycles. The minimum Gasteiger partial charge on any atom is -0.489 e. The Morgan fingerprint density at radius 2 is 1.58 bits per heavy atom. The van der Waals surface area contributed by atoms with Crippen LogP contribution in [0.25, 0.3) is 0 Å². The predicted octanol–water partition coefficient (Wildman–Crippen LogP) is 6.11. The Hall–Kier alpha value is -1.88. The first-order valence-corrected chi connectivity index (χ1v) is 9.38. The maximum Gasteiger partial charge on any atom is 0.124 e. The quantitative estimate of drug-likeness (QED) is 0.484. The van der Waals surface area contributed by atoms with Crippen LogP contribution in [0.5, 0.6) is 5.75 Å². The molecular formula is C21H18BrClFNO. The van der Waals surface area contributed by atoms with E-state index in [-0.39, 0.29) is 5.82 Å². The molecule has 2 nitrogen and oxygen atoms in total. The van der Waals surface area contributed by atoms with Gasteiger partial charge in [0.25, 0.3) is 0 Å². The summed E-state index contributed by atoms with van der Waals surface area (Å²) in [7, 11) is 0. The summed E-state index contributed by atoms with van der Waals surface area (Å²) in [6, 6.07) is 20.1. The van der Waals surface area contributed by atoms with Gasteiger partial charge in [0, 0.05) is 28.1 Å². The van der Waals surface area contributed by atoms with Crippen LogP contribution < -0.4 is 10.1 Å². The van der Waals surface area contributed by atoms with Gasteiger partial charge in [0.1, 0.15) is 18.2 Å². The topological polar surface area (TPSA) is 21.3 Å². The van der Waals surface area contributed by atoms with Gasteiger partial charge in [-0.1, -0.05) is 51.8 Å². The van der Waals surface area contributed by atoms with E-state index in [1.54, 1.807) is 12.1 Å². The number of rotatable bonds is 7. The van der Waals surface area contributed by atoms with Crippen LogP contribution in [0.1, 0.15) is 16.7 Å². The van der Waals surface area contributed by atoms with Crippen molar-refractivity contribution in [3.63, 3.8) is 0 Å². The molecule has 0 heterocycles. The molecule has 5 heteroatoms. The highest BCUT2D eigenvalue weighted by Crippen LogP contribution is 2.24. The summed E-state index contributed by atoms with van der Waals surface area (Å²) in [5, 5.41) is 4.08. The molecule has 0 atom stereocenters. The van der Waals surface area contributed by atoms with Gasteiger partial charge in [-0.15, -0.1) is 0 Å². The average Bonchev–Trinajstić information content (AvgIpc) is 2.64. The van der Waals surface area contributed by atoms with Gasteiger partial charge >= 0.3 is 0 Å². The number of hydrogen-bond acceptors (Lipinski definition) is 2. The second-order valence-corrected chi connectivity index (χ2v) is 7.25. The van der Waals surface area contributed by atoms with Crippen molar-refractivity contribution in [3.05, 3.63) is 98.7 Å². The van der Waals surface area contributed by atoms with E-state index in [0.717, 1.165) is 26.9 Å². The van der Waals surface area contributed by atoms with E-state index in [2.05, 4.69) is 21.2 Å². The first kappa shape index (κ1) is 18.9. The smallest absolute Gasteiger partial charge is 0.124 e. The van der Waals surface area contributed by atoms with Gasteiger partial charge in [0.15, 0.2) is 0 Å². The molecule has 3 aromatic rings. The lowest BCUT2D eigenvalue weighted by molar-refractivity contribution is 0.302. The lowest BCUT2D eigenvalue weighted by Gasteiger charge is -2.13. The van der Waals surface area contributed by atoms with Crippen molar-refractivity contribution in [2.45, 2.75) is 19.7 Å². The minimum absolute atomic E-state index is 0.223. The number of benzene rings is 3. The van der Waals surface area contributed by atoms with E-state index in [4.69, 9.17) is 16.3 Å². The predicted molar refractivity (Wildman–Crippen MR) is 107 cm³/mol. The molecule has 0 aliphatic heterocycles. The fourth-order valence-corrected chi connectivity index (χ4v) is 3.05. The van der Waals surface area contributed by atoms with Crippen molar-refractivity contribution in [2.75, 3.05) is 0 Å². The van der Waals surface area contributed by atoms with Crippen molar-refractivity contribution >= 4 is 27.5 Å². The van der Waals surface area contributed by atoms with Crippen LogP contribution in [0.3, 0.4) is 0 Å². The standard InChI is InChI=1S/C21H18BrClFNO/c22-18-5-10-21(26-14-16-1-6-19(23)7-2-16)17(11-18)13-25-12-15-3-8-20(24)9-4-15/h1-11,25H,12-14H2. The third-order valence-electron chi connectivity index (χ3n) is 3.89. The van der Waals surface area contributed by atoms with Crippen molar-refractivity contribution in [3.8, 4) is 5.75 Å². The molecule has 3 aromatic carbocycles. The van der Waals surface area contributed by atoms with E-state index in [1.165, 1.54) is 12.1 Å². The highest BCUT2D eigenvalue weighted by Gasteiger charge is 2.06. The second kappa shape index (κ2) is 9.17. The second-order valence-electron chi connectivity index (χ2n) is 5.90. The van der Waals surface area contributed by atoms with E-state index in [9.17, 15) is 4.39 Å². The highest BCUT2D eigenvalue weighted by atomic mass is 79.9. The van der Waals surface area contributed by atoms with Gasteiger partial charge in [-0.3, -0.25) is 0 Å². The summed E-state index contributed by atoms with van der Waals surface area (Å²) in [6.07, 6.45) is 0. The van der Waals surface area contributed by atoms with Crippen LogP contribution in [-0.4, -0.2) is 0 Å². The monoisotopic (exact) mass is 433 g/mol. The Labute approximate surface area is 166 Å². The van der Waals surface area contributed by atoms with Crippen LogP contribution in [-0.2, 0) is 19.7 Å². The molecule has 0 aliphatic carbocycles. The van der Waals surface area contributed by atoms with Gasteiger partial charge < -0.3 is 10.1 Å². The first-order chi connectivity index (χ1) is 12.6. The molecule has 1 N–H and O–H groups in total. The summed E-state index contributed by atoms with van der Waals surface area (Å²) < 4.78 is 19.9. The maximum absolute atomic E-state index is 13.0. The molecule has 0 radical (unpaired) electrons. The molecule has 0 aromatic heterocycles. The van der Waals surface area contributed by atoms with Crippen molar-refractivity contribution in [2.24, 2.45) is 0 Å². The molecule has 0 saturated carbocycles. The average molecular weight is 435 g/mol. The molecule has 134 valence electrons. The number of ether oxygens (including phenoxy) is 1. The first-order valence-electron chi connectivity index (χ1n) is 8.21.